The summed E-state index contributed by atoms with van der Waals surface area (Å²) in [6, 6.07) is 25.7. The van der Waals surface area contributed by atoms with Crippen molar-refractivity contribution in [1.82, 2.24) is 14.9 Å². The van der Waals surface area contributed by atoms with Gasteiger partial charge in [0, 0.05) is 23.0 Å². The fourth-order valence-electron chi connectivity index (χ4n) is 5.36. The number of H-pyrrole nitrogens is 2. The van der Waals surface area contributed by atoms with Crippen LogP contribution in [0.2, 0.25) is 0 Å². The summed E-state index contributed by atoms with van der Waals surface area (Å²) in [6.07, 6.45) is 4.96. The van der Waals surface area contributed by atoms with Crippen LogP contribution >= 0.6 is 0 Å². The Morgan fingerprint density at radius 1 is 0.743 bits per heavy atom. The summed E-state index contributed by atoms with van der Waals surface area (Å²) in [6.45, 7) is 5.55. The number of nitrogens with one attached hydrogen (secondary N) is 2. The average molecular weight is 462 g/mol. The lowest BCUT2D eigenvalue weighted by molar-refractivity contribution is 0.221. The molecule has 1 aliphatic heterocycles. The Labute approximate surface area is 205 Å². The number of piperidine rings is 1. The van der Waals surface area contributed by atoms with Gasteiger partial charge in [-0.05, 0) is 96.4 Å². The lowest BCUT2D eigenvalue weighted by Crippen LogP contribution is -2.28. The number of benzene rings is 3. The third kappa shape index (κ3) is 4.42. The van der Waals surface area contributed by atoms with Gasteiger partial charge in [0.1, 0.15) is 0 Å². The van der Waals surface area contributed by atoms with Crippen molar-refractivity contribution in [2.24, 2.45) is 0 Å². The fourth-order valence-corrected chi connectivity index (χ4v) is 5.36. The average Bonchev–Trinajstić information content (AvgIpc) is 3.32. The molecule has 0 saturated carbocycles. The molecular formula is C31H31N3O. The van der Waals surface area contributed by atoms with E-state index in [1.807, 2.05) is 12.1 Å². The van der Waals surface area contributed by atoms with Crippen LogP contribution in [0.25, 0.3) is 44.2 Å². The van der Waals surface area contributed by atoms with Crippen LogP contribution < -0.4 is 5.56 Å². The van der Waals surface area contributed by atoms with Gasteiger partial charge in [-0.15, -0.1) is 0 Å². The minimum absolute atomic E-state index is 0.0710. The molecule has 0 atom stereocenters. The number of nitrogens with zero attached hydrogens (tertiary/aromatic N) is 1. The van der Waals surface area contributed by atoms with E-state index in [1.165, 1.54) is 49.0 Å². The first kappa shape index (κ1) is 21.9. The second kappa shape index (κ2) is 9.20. The molecule has 1 saturated heterocycles. The molecule has 0 unspecified atom stereocenters. The molecule has 2 aromatic heterocycles. The van der Waals surface area contributed by atoms with Gasteiger partial charge in [0.05, 0.1) is 11.3 Å². The monoisotopic (exact) mass is 461 g/mol. The van der Waals surface area contributed by atoms with Crippen LogP contribution in [0.15, 0.2) is 77.6 Å². The molecule has 0 spiro atoms. The predicted octanol–water partition coefficient (Wildman–Crippen LogP) is 6.89. The number of hydrogen-bond acceptors (Lipinski definition) is 2. The fraction of sp³-hybridized carbons (Fsp3) is 0.258. The number of aromatic nitrogens is 2. The second-order valence-corrected chi connectivity index (χ2v) is 9.81. The van der Waals surface area contributed by atoms with Crippen LogP contribution in [0.5, 0.6) is 0 Å². The Morgan fingerprint density at radius 3 is 2.37 bits per heavy atom. The largest absolute Gasteiger partial charge is 0.354 e. The van der Waals surface area contributed by atoms with Crippen molar-refractivity contribution < 1.29 is 0 Å². The Bertz CT molecular complexity index is 1570. The van der Waals surface area contributed by atoms with Gasteiger partial charge in [-0.25, -0.2) is 0 Å². The molecule has 1 aliphatic rings. The van der Waals surface area contributed by atoms with Gasteiger partial charge in [-0.1, -0.05) is 49.7 Å². The molecular weight excluding hydrogens is 430 g/mol. The van der Waals surface area contributed by atoms with Crippen LogP contribution in [-0.2, 0) is 13.0 Å². The number of aromatic amines is 2. The highest BCUT2D eigenvalue weighted by Crippen LogP contribution is 2.28. The molecule has 0 bridgehead atoms. The van der Waals surface area contributed by atoms with Gasteiger partial charge < -0.3 is 9.97 Å². The molecule has 35 heavy (non-hydrogen) atoms. The van der Waals surface area contributed by atoms with Gasteiger partial charge in [-0.2, -0.15) is 0 Å². The first-order chi connectivity index (χ1) is 17.2. The lowest BCUT2D eigenvalue weighted by atomic mass is 10.00. The zero-order chi connectivity index (χ0) is 23.8. The zero-order valence-electron chi connectivity index (χ0n) is 20.2. The van der Waals surface area contributed by atoms with Crippen molar-refractivity contribution in [2.75, 3.05) is 13.1 Å². The van der Waals surface area contributed by atoms with Crippen molar-refractivity contribution in [2.45, 2.75) is 39.2 Å². The van der Waals surface area contributed by atoms with Gasteiger partial charge in [0.25, 0.3) is 5.56 Å². The quantitative estimate of drug-likeness (QED) is 0.299. The maximum Gasteiger partial charge on any atom is 0.257 e. The van der Waals surface area contributed by atoms with Gasteiger partial charge >= 0.3 is 0 Å². The Hall–Kier alpha value is -3.63. The SMILES string of the molecule is CCc1cccc(-c2ccc3[nH]c(=O)c(-c4cc5cc(CN6CCCCC6)ccc5[nH]4)cc3c2)c1. The summed E-state index contributed by atoms with van der Waals surface area (Å²) in [5, 5.41) is 2.18. The van der Waals surface area contributed by atoms with E-state index in [2.05, 4.69) is 82.5 Å². The maximum absolute atomic E-state index is 13.0. The molecule has 3 aromatic carbocycles. The van der Waals surface area contributed by atoms with Crippen molar-refractivity contribution in [3.05, 3.63) is 94.3 Å². The van der Waals surface area contributed by atoms with Gasteiger partial charge in [0.2, 0.25) is 0 Å². The van der Waals surface area contributed by atoms with Crippen molar-refractivity contribution in [3.63, 3.8) is 0 Å². The summed E-state index contributed by atoms with van der Waals surface area (Å²) in [5.41, 5.74) is 8.39. The Kier molecular flexibility index (Phi) is 5.75. The van der Waals surface area contributed by atoms with E-state index in [0.29, 0.717) is 5.56 Å². The first-order valence-corrected chi connectivity index (χ1v) is 12.8. The standard InChI is InChI=1S/C31H31N3O/c1-2-21-7-6-8-23(15-21)24-10-12-29-26(17-24)18-27(31(35)33-29)30-19-25-16-22(9-11-28(25)32-30)20-34-13-4-3-5-14-34/h6-12,15-19,32H,2-5,13-14,20H2,1H3,(H,33,35). The van der Waals surface area contributed by atoms with E-state index in [9.17, 15) is 4.79 Å². The molecule has 6 rings (SSSR count). The minimum Gasteiger partial charge on any atom is -0.354 e. The maximum atomic E-state index is 13.0. The number of fused-ring (bicyclic) bond motifs is 2. The highest BCUT2D eigenvalue weighted by Gasteiger charge is 2.13. The molecule has 4 nitrogen and oxygen atoms in total. The number of rotatable bonds is 5. The summed E-state index contributed by atoms with van der Waals surface area (Å²) < 4.78 is 0. The van der Waals surface area contributed by atoms with Crippen molar-refractivity contribution in [1.29, 1.82) is 0 Å². The van der Waals surface area contributed by atoms with E-state index in [-0.39, 0.29) is 5.56 Å². The number of pyridine rings is 1. The van der Waals surface area contributed by atoms with Gasteiger partial charge in [-0.3, -0.25) is 9.69 Å². The van der Waals surface area contributed by atoms with Gasteiger partial charge in [0.15, 0.2) is 0 Å². The summed E-state index contributed by atoms with van der Waals surface area (Å²) in [4.78, 5) is 22.1. The predicted molar refractivity (Wildman–Crippen MR) is 146 cm³/mol. The third-order valence-electron chi connectivity index (χ3n) is 7.34. The van der Waals surface area contributed by atoms with Crippen LogP contribution in [-0.4, -0.2) is 28.0 Å². The highest BCUT2D eigenvalue weighted by atomic mass is 16.1. The molecule has 2 N–H and O–H groups in total. The molecule has 1 fully saturated rings. The van der Waals surface area contributed by atoms with Crippen molar-refractivity contribution in [3.8, 4) is 22.4 Å². The number of hydrogen-bond donors (Lipinski definition) is 2. The van der Waals surface area contributed by atoms with E-state index in [4.69, 9.17) is 0 Å². The van der Waals surface area contributed by atoms with E-state index < -0.39 is 0 Å². The normalized spacial score (nSPS) is 14.7. The van der Waals surface area contributed by atoms with Crippen LogP contribution in [0.1, 0.15) is 37.3 Å². The number of aryl methyl sites for hydroxylation is 1. The van der Waals surface area contributed by atoms with Crippen LogP contribution in [0.4, 0.5) is 0 Å². The molecule has 0 radical (unpaired) electrons. The Balaban J connectivity index is 1.36. The first-order valence-electron chi connectivity index (χ1n) is 12.8. The van der Waals surface area contributed by atoms with E-state index in [1.54, 1.807) is 0 Å². The zero-order valence-corrected chi connectivity index (χ0v) is 20.2. The molecule has 5 aromatic rings. The molecule has 0 aliphatic carbocycles. The Morgan fingerprint density at radius 2 is 1.51 bits per heavy atom. The van der Waals surface area contributed by atoms with Crippen LogP contribution in [0.3, 0.4) is 0 Å². The van der Waals surface area contributed by atoms with E-state index >= 15 is 0 Å². The molecule has 176 valence electrons. The minimum atomic E-state index is -0.0710. The smallest absolute Gasteiger partial charge is 0.257 e. The third-order valence-corrected chi connectivity index (χ3v) is 7.34. The summed E-state index contributed by atoms with van der Waals surface area (Å²) >= 11 is 0. The molecule has 3 heterocycles. The molecule has 0 amide bonds. The van der Waals surface area contributed by atoms with Crippen LogP contribution in [0, 0.1) is 0 Å². The van der Waals surface area contributed by atoms with E-state index in [0.717, 1.165) is 46.0 Å². The summed E-state index contributed by atoms with van der Waals surface area (Å²) in [7, 11) is 0. The topological polar surface area (TPSA) is 51.9 Å². The summed E-state index contributed by atoms with van der Waals surface area (Å²) in [5.74, 6) is 0. The lowest BCUT2D eigenvalue weighted by Gasteiger charge is -2.26. The van der Waals surface area contributed by atoms with Crippen molar-refractivity contribution >= 4 is 21.8 Å². The highest BCUT2D eigenvalue weighted by molar-refractivity contribution is 5.90. The number of likely N-dealkylation sites (tertiary alicyclic amines) is 1. The molecule has 4 heteroatoms. The second-order valence-electron chi connectivity index (χ2n) is 9.81.